The van der Waals surface area contributed by atoms with Gasteiger partial charge in [-0.25, -0.2) is 0 Å². The zero-order chi connectivity index (χ0) is 9.68. The molecule has 0 heterocycles. The standard InChI is InChI=1S/C9H10O2S2/c1-12-7-4-2-3-5-8(7)13-6-9(10)11/h2-5H,6H2,1H3,(H,10,11). The molecule has 1 N–H and O–H groups in total. The van der Waals surface area contributed by atoms with Crippen molar-refractivity contribution in [1.29, 1.82) is 0 Å². The molecule has 0 unspecified atom stereocenters. The number of hydrogen-bond acceptors (Lipinski definition) is 3. The van der Waals surface area contributed by atoms with Crippen LogP contribution in [-0.4, -0.2) is 23.1 Å². The summed E-state index contributed by atoms with van der Waals surface area (Å²) in [4.78, 5) is 12.5. The highest BCUT2D eigenvalue weighted by Gasteiger charge is 2.03. The first kappa shape index (κ1) is 10.5. The molecule has 0 saturated carbocycles. The van der Waals surface area contributed by atoms with Gasteiger partial charge in [-0.3, -0.25) is 4.79 Å². The summed E-state index contributed by atoms with van der Waals surface area (Å²) in [6.07, 6.45) is 1.99. The third kappa shape index (κ3) is 3.32. The van der Waals surface area contributed by atoms with Gasteiger partial charge < -0.3 is 5.11 Å². The van der Waals surface area contributed by atoms with Crippen LogP contribution < -0.4 is 0 Å². The van der Waals surface area contributed by atoms with Crippen LogP contribution in [0.15, 0.2) is 34.1 Å². The lowest BCUT2D eigenvalue weighted by molar-refractivity contribution is -0.133. The molecule has 1 rings (SSSR count). The molecule has 0 bridgehead atoms. The van der Waals surface area contributed by atoms with Gasteiger partial charge >= 0.3 is 5.97 Å². The van der Waals surface area contributed by atoms with Gasteiger partial charge in [0.05, 0.1) is 5.75 Å². The first-order valence-corrected chi connectivity index (χ1v) is 5.92. The Morgan fingerprint density at radius 3 is 2.54 bits per heavy atom. The molecule has 1 aromatic rings. The summed E-state index contributed by atoms with van der Waals surface area (Å²) >= 11 is 2.99. The van der Waals surface area contributed by atoms with E-state index in [1.165, 1.54) is 11.8 Å². The molecule has 0 spiro atoms. The highest BCUT2D eigenvalue weighted by Crippen LogP contribution is 2.28. The predicted molar refractivity (Wildman–Crippen MR) is 56.6 cm³/mol. The minimum atomic E-state index is -0.777. The normalized spacial score (nSPS) is 9.92. The summed E-state index contributed by atoms with van der Waals surface area (Å²) in [7, 11) is 0. The number of carbonyl (C=O) groups is 1. The summed E-state index contributed by atoms with van der Waals surface area (Å²) in [5.74, 6) is -0.654. The van der Waals surface area contributed by atoms with Crippen LogP contribution in [0.4, 0.5) is 0 Å². The maximum absolute atomic E-state index is 10.3. The fourth-order valence-electron chi connectivity index (χ4n) is 0.878. The van der Waals surface area contributed by atoms with E-state index in [0.29, 0.717) is 0 Å². The lowest BCUT2D eigenvalue weighted by atomic mass is 10.4. The predicted octanol–water partition coefficient (Wildman–Crippen LogP) is 2.59. The fourth-order valence-corrected chi connectivity index (χ4v) is 2.45. The Balaban J connectivity index is 2.69. The molecular weight excluding hydrogens is 204 g/mol. The first-order chi connectivity index (χ1) is 6.24. The van der Waals surface area contributed by atoms with Crippen molar-refractivity contribution in [2.24, 2.45) is 0 Å². The van der Waals surface area contributed by atoms with Crippen LogP contribution in [-0.2, 0) is 4.79 Å². The molecular formula is C9H10O2S2. The number of thioether (sulfide) groups is 2. The molecule has 4 heteroatoms. The van der Waals surface area contributed by atoms with Crippen molar-refractivity contribution in [1.82, 2.24) is 0 Å². The molecule has 70 valence electrons. The SMILES string of the molecule is CSc1ccccc1SCC(=O)O. The van der Waals surface area contributed by atoms with E-state index in [1.54, 1.807) is 11.8 Å². The molecule has 2 nitrogen and oxygen atoms in total. The summed E-state index contributed by atoms with van der Waals surface area (Å²) in [6, 6.07) is 7.81. The minimum Gasteiger partial charge on any atom is -0.481 e. The molecule has 1 aromatic carbocycles. The Labute approximate surface area is 85.7 Å². The fraction of sp³-hybridized carbons (Fsp3) is 0.222. The second-order valence-corrected chi connectivity index (χ2v) is 4.20. The zero-order valence-electron chi connectivity index (χ0n) is 7.19. The number of carboxylic acid groups (broad SMARTS) is 1. The number of benzene rings is 1. The monoisotopic (exact) mass is 214 g/mol. The quantitative estimate of drug-likeness (QED) is 0.782. The molecule has 0 aliphatic heterocycles. The van der Waals surface area contributed by atoms with E-state index in [1.807, 2.05) is 30.5 Å². The number of hydrogen-bond donors (Lipinski definition) is 1. The summed E-state index contributed by atoms with van der Waals surface area (Å²) in [6.45, 7) is 0. The molecule has 13 heavy (non-hydrogen) atoms. The van der Waals surface area contributed by atoms with Crippen LogP contribution in [0.25, 0.3) is 0 Å². The van der Waals surface area contributed by atoms with Crippen molar-refractivity contribution in [3.8, 4) is 0 Å². The van der Waals surface area contributed by atoms with Gasteiger partial charge in [0.2, 0.25) is 0 Å². The smallest absolute Gasteiger partial charge is 0.313 e. The Morgan fingerprint density at radius 1 is 1.38 bits per heavy atom. The highest BCUT2D eigenvalue weighted by atomic mass is 32.2. The van der Waals surface area contributed by atoms with Crippen LogP contribution in [0.2, 0.25) is 0 Å². The van der Waals surface area contributed by atoms with E-state index < -0.39 is 5.97 Å². The van der Waals surface area contributed by atoms with E-state index in [4.69, 9.17) is 5.11 Å². The highest BCUT2D eigenvalue weighted by molar-refractivity contribution is 8.02. The van der Waals surface area contributed by atoms with Crippen LogP contribution in [0.5, 0.6) is 0 Å². The number of carboxylic acids is 1. The van der Waals surface area contributed by atoms with Crippen molar-refractivity contribution < 1.29 is 9.90 Å². The van der Waals surface area contributed by atoms with Crippen molar-refractivity contribution >= 4 is 29.5 Å². The average Bonchev–Trinajstić information content (AvgIpc) is 2.15. The third-order valence-electron chi connectivity index (χ3n) is 1.42. The van der Waals surface area contributed by atoms with Crippen LogP contribution in [0.1, 0.15) is 0 Å². The molecule has 0 fully saturated rings. The Hall–Kier alpha value is -0.610. The second kappa shape index (κ2) is 5.19. The Morgan fingerprint density at radius 2 is 2.00 bits per heavy atom. The van der Waals surface area contributed by atoms with Gasteiger partial charge in [-0.2, -0.15) is 0 Å². The maximum Gasteiger partial charge on any atom is 0.313 e. The van der Waals surface area contributed by atoms with Gasteiger partial charge in [-0.15, -0.1) is 23.5 Å². The third-order valence-corrected chi connectivity index (χ3v) is 3.40. The summed E-state index contributed by atoms with van der Waals surface area (Å²) in [5.41, 5.74) is 0. The van der Waals surface area contributed by atoms with Gasteiger partial charge in [0.25, 0.3) is 0 Å². The average molecular weight is 214 g/mol. The summed E-state index contributed by atoms with van der Waals surface area (Å²) in [5, 5.41) is 8.51. The number of rotatable bonds is 4. The maximum atomic E-state index is 10.3. The van der Waals surface area contributed by atoms with Crippen molar-refractivity contribution in [2.45, 2.75) is 9.79 Å². The molecule has 0 aromatic heterocycles. The van der Waals surface area contributed by atoms with Crippen molar-refractivity contribution in [2.75, 3.05) is 12.0 Å². The van der Waals surface area contributed by atoms with E-state index >= 15 is 0 Å². The first-order valence-electron chi connectivity index (χ1n) is 3.71. The van der Waals surface area contributed by atoms with Gasteiger partial charge in [0, 0.05) is 9.79 Å². The zero-order valence-corrected chi connectivity index (χ0v) is 8.82. The number of aliphatic carboxylic acids is 1. The van der Waals surface area contributed by atoms with Crippen molar-refractivity contribution in [3.63, 3.8) is 0 Å². The van der Waals surface area contributed by atoms with Gasteiger partial charge in [-0.05, 0) is 18.4 Å². The summed E-state index contributed by atoms with van der Waals surface area (Å²) < 4.78 is 0. The van der Waals surface area contributed by atoms with Gasteiger partial charge in [0.15, 0.2) is 0 Å². The van der Waals surface area contributed by atoms with Gasteiger partial charge in [-0.1, -0.05) is 12.1 Å². The van der Waals surface area contributed by atoms with E-state index in [-0.39, 0.29) is 5.75 Å². The van der Waals surface area contributed by atoms with E-state index in [2.05, 4.69) is 0 Å². The largest absolute Gasteiger partial charge is 0.481 e. The second-order valence-electron chi connectivity index (χ2n) is 2.33. The van der Waals surface area contributed by atoms with E-state index in [0.717, 1.165) is 9.79 Å². The Bertz CT molecular complexity index is 299. The molecule has 0 saturated heterocycles. The molecule has 0 radical (unpaired) electrons. The van der Waals surface area contributed by atoms with Crippen LogP contribution >= 0.6 is 23.5 Å². The molecule has 0 aliphatic rings. The Kier molecular flexibility index (Phi) is 4.18. The molecule has 0 amide bonds. The van der Waals surface area contributed by atoms with Gasteiger partial charge in [0.1, 0.15) is 0 Å². The minimum absolute atomic E-state index is 0.123. The lowest BCUT2D eigenvalue weighted by Gasteiger charge is -2.03. The lowest BCUT2D eigenvalue weighted by Crippen LogP contribution is -1.97. The topological polar surface area (TPSA) is 37.3 Å². The van der Waals surface area contributed by atoms with E-state index in [9.17, 15) is 4.79 Å². The van der Waals surface area contributed by atoms with Crippen molar-refractivity contribution in [3.05, 3.63) is 24.3 Å². The molecule has 0 atom stereocenters. The van der Waals surface area contributed by atoms with Crippen LogP contribution in [0.3, 0.4) is 0 Å². The van der Waals surface area contributed by atoms with Crippen LogP contribution in [0, 0.1) is 0 Å². The molecule has 0 aliphatic carbocycles.